The summed E-state index contributed by atoms with van der Waals surface area (Å²) in [6, 6.07) is 0. The summed E-state index contributed by atoms with van der Waals surface area (Å²) in [5, 5.41) is 3.93. The third-order valence-corrected chi connectivity index (χ3v) is 5.54. The van der Waals surface area contributed by atoms with Crippen molar-refractivity contribution in [2.75, 3.05) is 6.54 Å². The van der Waals surface area contributed by atoms with E-state index >= 15 is 0 Å². The molecule has 3 aliphatic rings. The summed E-state index contributed by atoms with van der Waals surface area (Å²) in [5.74, 6) is 3.91. The van der Waals surface area contributed by atoms with Gasteiger partial charge in [0.15, 0.2) is 0 Å². The van der Waals surface area contributed by atoms with Crippen LogP contribution in [0.4, 0.5) is 0 Å². The van der Waals surface area contributed by atoms with Gasteiger partial charge < -0.3 is 5.32 Å². The van der Waals surface area contributed by atoms with Gasteiger partial charge >= 0.3 is 0 Å². The summed E-state index contributed by atoms with van der Waals surface area (Å²) in [7, 11) is 0. The van der Waals surface area contributed by atoms with E-state index < -0.39 is 0 Å². The third-order valence-electron chi connectivity index (χ3n) is 5.54. The lowest BCUT2D eigenvalue weighted by Crippen LogP contribution is -2.56. The number of hydrogen-bond acceptors (Lipinski definition) is 1. The molecular weight excluding hydrogens is 182 g/mol. The molecule has 2 saturated carbocycles. The van der Waals surface area contributed by atoms with Crippen molar-refractivity contribution in [2.45, 2.75) is 57.9 Å². The number of rotatable bonds is 0. The van der Waals surface area contributed by atoms with E-state index in [0.717, 1.165) is 23.7 Å². The van der Waals surface area contributed by atoms with E-state index in [-0.39, 0.29) is 0 Å². The van der Waals surface area contributed by atoms with Gasteiger partial charge in [0.1, 0.15) is 0 Å². The molecule has 3 fully saturated rings. The second-order valence-corrected chi connectivity index (χ2v) is 6.60. The summed E-state index contributed by atoms with van der Waals surface area (Å²) < 4.78 is 0. The maximum Gasteiger partial charge on any atom is 0.0238 e. The Balaban J connectivity index is 1.86. The fraction of sp³-hybridized carbons (Fsp3) is 1.00. The molecule has 1 N–H and O–H groups in total. The zero-order valence-electron chi connectivity index (χ0n) is 10.3. The highest BCUT2D eigenvalue weighted by atomic mass is 15.0. The molecule has 5 unspecified atom stereocenters. The van der Waals surface area contributed by atoms with E-state index in [0.29, 0.717) is 5.54 Å². The maximum atomic E-state index is 3.93. The first-order chi connectivity index (χ1) is 7.21. The van der Waals surface area contributed by atoms with E-state index in [1.54, 1.807) is 0 Å². The smallest absolute Gasteiger partial charge is 0.0238 e. The summed E-state index contributed by atoms with van der Waals surface area (Å²) in [4.78, 5) is 0. The highest BCUT2D eigenvalue weighted by Gasteiger charge is 2.51. The minimum atomic E-state index is 0.552. The zero-order chi connectivity index (χ0) is 10.5. The minimum absolute atomic E-state index is 0.552. The molecule has 0 aromatic heterocycles. The van der Waals surface area contributed by atoms with Crippen LogP contribution in [0.25, 0.3) is 0 Å². The molecule has 1 heteroatoms. The molecule has 5 atom stereocenters. The molecule has 0 amide bonds. The van der Waals surface area contributed by atoms with Gasteiger partial charge in [-0.2, -0.15) is 0 Å². The van der Waals surface area contributed by atoms with E-state index in [4.69, 9.17) is 0 Å². The van der Waals surface area contributed by atoms with Crippen molar-refractivity contribution in [3.63, 3.8) is 0 Å². The van der Waals surface area contributed by atoms with Gasteiger partial charge in [-0.1, -0.05) is 26.7 Å². The second kappa shape index (κ2) is 3.48. The van der Waals surface area contributed by atoms with Crippen LogP contribution in [0.3, 0.4) is 0 Å². The minimum Gasteiger partial charge on any atom is -0.310 e. The Kier molecular flexibility index (Phi) is 2.35. The molecule has 1 saturated heterocycles. The maximum absolute atomic E-state index is 3.93. The third kappa shape index (κ3) is 1.46. The van der Waals surface area contributed by atoms with Crippen molar-refractivity contribution in [3.05, 3.63) is 0 Å². The van der Waals surface area contributed by atoms with Crippen molar-refractivity contribution in [1.82, 2.24) is 5.32 Å². The second-order valence-electron chi connectivity index (χ2n) is 6.60. The normalized spacial score (nSPS) is 54.8. The monoisotopic (exact) mass is 207 g/mol. The van der Waals surface area contributed by atoms with Crippen LogP contribution in [0.2, 0.25) is 0 Å². The molecule has 1 spiro atoms. The largest absolute Gasteiger partial charge is 0.310 e. The van der Waals surface area contributed by atoms with Crippen molar-refractivity contribution >= 4 is 0 Å². The van der Waals surface area contributed by atoms with Crippen molar-refractivity contribution < 1.29 is 0 Å². The van der Waals surface area contributed by atoms with Gasteiger partial charge in [0.05, 0.1) is 0 Å². The summed E-state index contributed by atoms with van der Waals surface area (Å²) in [5.41, 5.74) is 0.552. The van der Waals surface area contributed by atoms with Crippen molar-refractivity contribution in [2.24, 2.45) is 23.7 Å². The van der Waals surface area contributed by atoms with Crippen LogP contribution in [-0.2, 0) is 0 Å². The molecule has 1 aliphatic heterocycles. The predicted molar refractivity (Wildman–Crippen MR) is 63.7 cm³/mol. The van der Waals surface area contributed by atoms with Gasteiger partial charge in [-0.3, -0.25) is 0 Å². The Labute approximate surface area is 94.0 Å². The Morgan fingerprint density at radius 3 is 2.73 bits per heavy atom. The van der Waals surface area contributed by atoms with Gasteiger partial charge in [-0.25, -0.2) is 0 Å². The lowest BCUT2D eigenvalue weighted by Gasteiger charge is -2.52. The standard InChI is InChI=1S/C14H25N/c1-10-8-14(15-9-10)11(2)6-12-4-3-5-13(14)7-12/h10-13,15H,3-9H2,1-2H3. The van der Waals surface area contributed by atoms with Crippen molar-refractivity contribution in [3.8, 4) is 0 Å². The number of fused-ring (bicyclic) bond motifs is 3. The molecule has 1 heterocycles. The number of nitrogens with one attached hydrogen (secondary N) is 1. The topological polar surface area (TPSA) is 12.0 Å². The molecular formula is C14H25N. The predicted octanol–water partition coefficient (Wildman–Crippen LogP) is 3.20. The fourth-order valence-electron chi connectivity index (χ4n) is 4.86. The fourth-order valence-corrected chi connectivity index (χ4v) is 4.86. The lowest BCUT2D eigenvalue weighted by molar-refractivity contribution is 0.0275. The zero-order valence-corrected chi connectivity index (χ0v) is 10.3. The lowest BCUT2D eigenvalue weighted by atomic mass is 9.57. The molecule has 15 heavy (non-hydrogen) atoms. The van der Waals surface area contributed by atoms with Gasteiger partial charge in [-0.05, 0) is 55.9 Å². The van der Waals surface area contributed by atoms with E-state index in [1.165, 1.54) is 45.1 Å². The quantitative estimate of drug-likeness (QED) is 0.643. The van der Waals surface area contributed by atoms with Crippen LogP contribution in [0.5, 0.6) is 0 Å². The molecule has 0 aromatic rings. The van der Waals surface area contributed by atoms with Crippen LogP contribution in [-0.4, -0.2) is 12.1 Å². The van der Waals surface area contributed by atoms with Crippen LogP contribution in [0.15, 0.2) is 0 Å². The van der Waals surface area contributed by atoms with E-state index in [1.807, 2.05) is 0 Å². The molecule has 3 rings (SSSR count). The highest BCUT2D eigenvalue weighted by molar-refractivity contribution is 5.08. The Morgan fingerprint density at radius 1 is 1.13 bits per heavy atom. The van der Waals surface area contributed by atoms with E-state index in [9.17, 15) is 0 Å². The summed E-state index contributed by atoms with van der Waals surface area (Å²) in [6.45, 7) is 6.20. The molecule has 0 aromatic carbocycles. The van der Waals surface area contributed by atoms with Gasteiger partial charge in [0.2, 0.25) is 0 Å². The number of hydrogen-bond donors (Lipinski definition) is 1. The van der Waals surface area contributed by atoms with Crippen LogP contribution >= 0.6 is 0 Å². The Bertz CT molecular complexity index is 248. The average Bonchev–Trinajstić information content (AvgIpc) is 2.60. The average molecular weight is 207 g/mol. The first-order valence-electron chi connectivity index (χ1n) is 6.96. The molecule has 2 aliphatic carbocycles. The van der Waals surface area contributed by atoms with Crippen LogP contribution in [0, 0.1) is 23.7 Å². The SMILES string of the molecule is CC1CNC2(C1)C(C)CC1CCCC2C1. The summed E-state index contributed by atoms with van der Waals surface area (Å²) in [6.07, 6.45) is 9.00. The molecule has 1 nitrogen and oxygen atoms in total. The summed E-state index contributed by atoms with van der Waals surface area (Å²) >= 11 is 0. The first kappa shape index (κ1) is 10.1. The van der Waals surface area contributed by atoms with Gasteiger partial charge in [-0.15, -0.1) is 0 Å². The molecule has 2 bridgehead atoms. The molecule has 86 valence electrons. The van der Waals surface area contributed by atoms with Crippen molar-refractivity contribution in [1.29, 1.82) is 0 Å². The van der Waals surface area contributed by atoms with Crippen LogP contribution < -0.4 is 5.32 Å². The highest BCUT2D eigenvalue weighted by Crippen LogP contribution is 2.52. The van der Waals surface area contributed by atoms with E-state index in [2.05, 4.69) is 19.2 Å². The van der Waals surface area contributed by atoms with Gasteiger partial charge in [0.25, 0.3) is 0 Å². The Hall–Kier alpha value is -0.0400. The molecule has 0 radical (unpaired) electrons. The Morgan fingerprint density at radius 2 is 2.00 bits per heavy atom. The van der Waals surface area contributed by atoms with Gasteiger partial charge in [0, 0.05) is 5.54 Å². The van der Waals surface area contributed by atoms with Crippen LogP contribution in [0.1, 0.15) is 52.4 Å². The first-order valence-corrected chi connectivity index (χ1v) is 6.96.